The second-order valence-corrected chi connectivity index (χ2v) is 6.03. The summed E-state index contributed by atoms with van der Waals surface area (Å²) >= 11 is 1.86. The van der Waals surface area contributed by atoms with Crippen LogP contribution in [0.2, 0.25) is 0 Å². The summed E-state index contributed by atoms with van der Waals surface area (Å²) < 4.78 is 0. The molecule has 0 amide bonds. The van der Waals surface area contributed by atoms with Crippen LogP contribution in [0.3, 0.4) is 0 Å². The van der Waals surface area contributed by atoms with Gasteiger partial charge in [0, 0.05) is 22.8 Å². The Morgan fingerprint density at radius 2 is 1.67 bits per heavy atom. The number of hydrogen-bond donors (Lipinski definition) is 1. The number of benzene rings is 1. The van der Waals surface area contributed by atoms with Crippen LogP contribution in [0.4, 0.5) is 0 Å². The maximum absolute atomic E-state index is 9.00. The fourth-order valence-electron chi connectivity index (χ4n) is 1.95. The van der Waals surface area contributed by atoms with Crippen molar-refractivity contribution in [1.29, 1.82) is 0 Å². The molecule has 0 fully saturated rings. The topological polar surface area (TPSA) is 23.5 Å². The van der Waals surface area contributed by atoms with Gasteiger partial charge >= 0.3 is 0 Å². The van der Waals surface area contributed by atoms with Gasteiger partial charge in [-0.2, -0.15) is 0 Å². The van der Waals surface area contributed by atoms with Crippen LogP contribution in [0.1, 0.15) is 20.9 Å². The highest BCUT2D eigenvalue weighted by molar-refractivity contribution is 7.11. The molecule has 2 rings (SSSR count). The summed E-state index contributed by atoms with van der Waals surface area (Å²) in [6.07, 6.45) is 0. The molecular formula is C15H19NOS. The number of rotatable bonds is 5. The molecule has 0 spiro atoms. The summed E-state index contributed by atoms with van der Waals surface area (Å²) in [7, 11) is 2.13. The maximum Gasteiger partial charge on any atom is 0.0681 e. The van der Waals surface area contributed by atoms with Gasteiger partial charge in [0.25, 0.3) is 0 Å². The smallest absolute Gasteiger partial charge is 0.0681 e. The molecule has 0 saturated carbocycles. The molecule has 0 atom stereocenters. The number of nitrogens with zero attached hydrogens (tertiary/aromatic N) is 1. The third-order valence-corrected chi connectivity index (χ3v) is 3.87. The fourth-order valence-corrected chi connectivity index (χ4v) is 2.92. The molecule has 0 aliphatic carbocycles. The van der Waals surface area contributed by atoms with E-state index < -0.39 is 0 Å². The number of aliphatic hydroxyl groups is 1. The molecule has 3 heteroatoms. The summed E-state index contributed by atoms with van der Waals surface area (Å²) in [5.41, 5.74) is 2.25. The first-order valence-corrected chi connectivity index (χ1v) is 6.91. The van der Waals surface area contributed by atoms with Gasteiger partial charge in [-0.25, -0.2) is 0 Å². The SMILES string of the molecule is Cc1ccc(CN(C)Cc2ccc(CO)cc2)s1. The first-order valence-electron chi connectivity index (χ1n) is 6.10. The van der Waals surface area contributed by atoms with Crippen LogP contribution in [0, 0.1) is 6.92 Å². The van der Waals surface area contributed by atoms with Gasteiger partial charge in [0.2, 0.25) is 0 Å². The predicted molar refractivity (Wildman–Crippen MR) is 76.6 cm³/mol. The van der Waals surface area contributed by atoms with Crippen molar-refractivity contribution in [3.63, 3.8) is 0 Å². The van der Waals surface area contributed by atoms with Gasteiger partial charge in [-0.1, -0.05) is 24.3 Å². The highest BCUT2D eigenvalue weighted by Crippen LogP contribution is 2.17. The van der Waals surface area contributed by atoms with Crippen LogP contribution < -0.4 is 0 Å². The largest absolute Gasteiger partial charge is 0.392 e. The van der Waals surface area contributed by atoms with Gasteiger partial charge in [0.05, 0.1) is 6.61 Å². The van der Waals surface area contributed by atoms with Crippen molar-refractivity contribution in [2.24, 2.45) is 0 Å². The predicted octanol–water partition coefficient (Wildman–Crippen LogP) is 3.18. The van der Waals surface area contributed by atoms with Crippen molar-refractivity contribution < 1.29 is 5.11 Å². The van der Waals surface area contributed by atoms with E-state index in [2.05, 4.69) is 43.1 Å². The Hall–Kier alpha value is -1.16. The lowest BCUT2D eigenvalue weighted by molar-refractivity contribution is 0.281. The van der Waals surface area contributed by atoms with E-state index in [4.69, 9.17) is 5.11 Å². The van der Waals surface area contributed by atoms with Crippen molar-refractivity contribution >= 4 is 11.3 Å². The molecule has 0 saturated heterocycles. The van der Waals surface area contributed by atoms with Crippen LogP contribution in [0.5, 0.6) is 0 Å². The Kier molecular flexibility index (Phi) is 4.53. The summed E-state index contributed by atoms with van der Waals surface area (Å²) in [6, 6.07) is 12.5. The van der Waals surface area contributed by atoms with E-state index in [9.17, 15) is 0 Å². The highest BCUT2D eigenvalue weighted by atomic mass is 32.1. The average Bonchev–Trinajstić information content (AvgIpc) is 2.75. The van der Waals surface area contributed by atoms with Crippen molar-refractivity contribution in [2.45, 2.75) is 26.6 Å². The second-order valence-electron chi connectivity index (χ2n) is 4.66. The highest BCUT2D eigenvalue weighted by Gasteiger charge is 2.03. The van der Waals surface area contributed by atoms with E-state index >= 15 is 0 Å². The molecule has 2 nitrogen and oxygen atoms in total. The van der Waals surface area contributed by atoms with E-state index in [0.717, 1.165) is 18.7 Å². The summed E-state index contributed by atoms with van der Waals surface area (Å²) in [4.78, 5) is 5.08. The van der Waals surface area contributed by atoms with Crippen molar-refractivity contribution in [1.82, 2.24) is 4.90 Å². The molecule has 0 aliphatic heterocycles. The lowest BCUT2D eigenvalue weighted by Crippen LogP contribution is -2.16. The molecule has 96 valence electrons. The van der Waals surface area contributed by atoms with E-state index in [0.29, 0.717) is 0 Å². The molecule has 1 N–H and O–H groups in total. The van der Waals surface area contributed by atoms with Crippen LogP contribution >= 0.6 is 11.3 Å². The molecule has 18 heavy (non-hydrogen) atoms. The Morgan fingerprint density at radius 3 is 2.22 bits per heavy atom. The molecule has 0 unspecified atom stereocenters. The minimum absolute atomic E-state index is 0.116. The van der Waals surface area contributed by atoms with E-state index in [1.54, 1.807) is 0 Å². The lowest BCUT2D eigenvalue weighted by atomic mass is 10.1. The first-order chi connectivity index (χ1) is 8.67. The van der Waals surface area contributed by atoms with Gasteiger partial charge in [-0.05, 0) is 37.2 Å². The van der Waals surface area contributed by atoms with Crippen molar-refractivity contribution in [2.75, 3.05) is 7.05 Å². The molecule has 1 aromatic heterocycles. The monoisotopic (exact) mass is 261 g/mol. The lowest BCUT2D eigenvalue weighted by Gasteiger charge is -2.15. The number of aryl methyl sites for hydroxylation is 1. The van der Waals surface area contributed by atoms with Crippen LogP contribution in [-0.2, 0) is 19.7 Å². The van der Waals surface area contributed by atoms with Crippen LogP contribution in [-0.4, -0.2) is 17.1 Å². The minimum atomic E-state index is 0.116. The molecule has 2 aromatic rings. The zero-order valence-corrected chi connectivity index (χ0v) is 11.7. The van der Waals surface area contributed by atoms with Gasteiger partial charge in [0.1, 0.15) is 0 Å². The van der Waals surface area contributed by atoms with Gasteiger partial charge < -0.3 is 5.11 Å². The molecule has 1 heterocycles. The Balaban J connectivity index is 1.91. The maximum atomic E-state index is 9.00. The zero-order valence-electron chi connectivity index (χ0n) is 10.9. The fraction of sp³-hybridized carbons (Fsp3) is 0.333. The summed E-state index contributed by atoms with van der Waals surface area (Å²) in [5.74, 6) is 0. The number of aliphatic hydroxyl groups excluding tert-OH is 1. The minimum Gasteiger partial charge on any atom is -0.392 e. The molecular weight excluding hydrogens is 242 g/mol. The quantitative estimate of drug-likeness (QED) is 0.893. The van der Waals surface area contributed by atoms with Crippen molar-refractivity contribution in [3.05, 3.63) is 57.3 Å². The summed E-state index contributed by atoms with van der Waals surface area (Å²) in [5, 5.41) is 9.00. The Labute approximate surface area is 113 Å². The normalized spacial score (nSPS) is 11.1. The van der Waals surface area contributed by atoms with Gasteiger partial charge in [0.15, 0.2) is 0 Å². The molecule has 1 aromatic carbocycles. The number of thiophene rings is 1. The third-order valence-electron chi connectivity index (χ3n) is 2.88. The van der Waals surface area contributed by atoms with Crippen LogP contribution in [0.15, 0.2) is 36.4 Å². The standard InChI is InChI=1S/C15H19NOS/c1-12-3-8-15(18-12)10-16(2)9-13-4-6-14(11-17)7-5-13/h3-8,17H,9-11H2,1-2H3. The molecule has 0 bridgehead atoms. The average molecular weight is 261 g/mol. The number of hydrogen-bond acceptors (Lipinski definition) is 3. The van der Waals surface area contributed by atoms with E-state index in [1.807, 2.05) is 23.5 Å². The zero-order chi connectivity index (χ0) is 13.0. The van der Waals surface area contributed by atoms with Crippen LogP contribution in [0.25, 0.3) is 0 Å². The van der Waals surface area contributed by atoms with E-state index in [-0.39, 0.29) is 6.61 Å². The van der Waals surface area contributed by atoms with Crippen molar-refractivity contribution in [3.8, 4) is 0 Å². The second kappa shape index (κ2) is 6.14. The third kappa shape index (κ3) is 3.67. The molecule has 0 radical (unpaired) electrons. The Morgan fingerprint density at radius 1 is 1.00 bits per heavy atom. The Bertz CT molecular complexity index is 489. The first kappa shape index (κ1) is 13.3. The van der Waals surface area contributed by atoms with Gasteiger partial charge in [-0.15, -0.1) is 11.3 Å². The van der Waals surface area contributed by atoms with Gasteiger partial charge in [-0.3, -0.25) is 4.90 Å². The summed E-state index contributed by atoms with van der Waals surface area (Å²) in [6.45, 7) is 4.18. The molecule has 0 aliphatic rings. The van der Waals surface area contributed by atoms with E-state index in [1.165, 1.54) is 15.3 Å².